The van der Waals surface area contributed by atoms with Gasteiger partial charge in [-0.2, -0.15) is 0 Å². The number of nitrogens with zero attached hydrogens (tertiary/aromatic N) is 3. The summed E-state index contributed by atoms with van der Waals surface area (Å²) in [7, 11) is 0. The van der Waals surface area contributed by atoms with E-state index < -0.39 is 0 Å². The molecule has 0 amide bonds. The maximum Gasteiger partial charge on any atom is 0.220 e. The summed E-state index contributed by atoms with van der Waals surface area (Å²) in [4.78, 5) is 5.01. The Bertz CT molecular complexity index is 1770. The van der Waals surface area contributed by atoms with Gasteiger partial charge >= 0.3 is 0 Å². The topological polar surface area (TPSA) is 35.4 Å². The van der Waals surface area contributed by atoms with Crippen LogP contribution in [0.4, 0.5) is 0 Å². The largest absolute Gasteiger partial charge is 0.456 e. The summed E-state index contributed by atoms with van der Waals surface area (Å²) >= 11 is 3.66. The number of rotatable bonds is 1. The van der Waals surface area contributed by atoms with Gasteiger partial charge in [0.1, 0.15) is 16.7 Å². The first-order valence-corrected chi connectivity index (χ1v) is 10.6. The monoisotopic (exact) mass is 451 g/mol. The number of hydrogen-bond donors (Lipinski definition) is 0. The van der Waals surface area contributed by atoms with Crippen LogP contribution in [0.1, 0.15) is 0 Å². The van der Waals surface area contributed by atoms with Crippen LogP contribution >= 0.6 is 15.9 Å². The lowest BCUT2D eigenvalue weighted by atomic mass is 10.1. The quantitative estimate of drug-likeness (QED) is 0.267. The molecule has 142 valence electrons. The zero-order chi connectivity index (χ0) is 19.8. The van der Waals surface area contributed by atoms with Crippen molar-refractivity contribution in [2.75, 3.05) is 0 Å². The van der Waals surface area contributed by atoms with Crippen LogP contribution in [0.5, 0.6) is 0 Å². The molecule has 0 saturated heterocycles. The van der Waals surface area contributed by atoms with E-state index in [0.29, 0.717) is 0 Å². The smallest absolute Gasteiger partial charge is 0.220 e. The zero-order valence-electron chi connectivity index (χ0n) is 15.7. The standard InChI is InChI=1S/C25H14BrN3O/c26-18-7-5-10-21-24(18)27-25-28(19-8-2-3-9-20(19)29(21)25)15-12-13-23-17(14-15)16-6-1-4-11-22(16)30-23/h1-14H. The summed E-state index contributed by atoms with van der Waals surface area (Å²) in [5.74, 6) is 0.894. The van der Waals surface area contributed by atoms with Gasteiger partial charge in [0, 0.05) is 15.2 Å². The van der Waals surface area contributed by atoms with Gasteiger partial charge < -0.3 is 4.42 Å². The van der Waals surface area contributed by atoms with Gasteiger partial charge in [-0.25, -0.2) is 4.98 Å². The van der Waals surface area contributed by atoms with Crippen LogP contribution in [0.3, 0.4) is 0 Å². The van der Waals surface area contributed by atoms with Crippen LogP contribution in [0.15, 0.2) is 93.8 Å². The van der Waals surface area contributed by atoms with E-state index in [1.807, 2.05) is 24.3 Å². The first-order valence-electron chi connectivity index (χ1n) is 9.77. The number of hydrogen-bond acceptors (Lipinski definition) is 2. The van der Waals surface area contributed by atoms with Gasteiger partial charge in [-0.1, -0.05) is 36.4 Å². The van der Waals surface area contributed by atoms with Gasteiger partial charge in [-0.3, -0.25) is 8.97 Å². The number of para-hydroxylation sites is 4. The predicted molar refractivity (Wildman–Crippen MR) is 125 cm³/mol. The number of furan rings is 1. The van der Waals surface area contributed by atoms with Gasteiger partial charge in [0.2, 0.25) is 5.78 Å². The van der Waals surface area contributed by atoms with Crippen molar-refractivity contribution in [2.24, 2.45) is 0 Å². The average molecular weight is 452 g/mol. The Morgan fingerprint density at radius 1 is 0.700 bits per heavy atom. The van der Waals surface area contributed by atoms with Crippen LogP contribution in [0, 0.1) is 0 Å². The molecule has 0 saturated carbocycles. The lowest BCUT2D eigenvalue weighted by Crippen LogP contribution is -1.94. The zero-order valence-corrected chi connectivity index (χ0v) is 17.3. The van der Waals surface area contributed by atoms with Crippen molar-refractivity contribution < 1.29 is 4.42 Å². The number of fused-ring (bicyclic) bond motifs is 8. The Morgan fingerprint density at radius 2 is 1.47 bits per heavy atom. The molecule has 3 heterocycles. The molecule has 0 spiro atoms. The summed E-state index contributed by atoms with van der Waals surface area (Å²) in [6.45, 7) is 0. The van der Waals surface area contributed by atoms with Gasteiger partial charge in [0.25, 0.3) is 0 Å². The fourth-order valence-electron chi connectivity index (χ4n) is 4.50. The third-order valence-corrected chi connectivity index (χ3v) is 6.44. The van der Waals surface area contributed by atoms with E-state index in [0.717, 1.165) is 59.9 Å². The number of benzene rings is 4. The van der Waals surface area contributed by atoms with Crippen molar-refractivity contribution >= 4 is 65.7 Å². The molecule has 0 fully saturated rings. The number of imidazole rings is 2. The minimum atomic E-state index is 0.892. The summed E-state index contributed by atoms with van der Waals surface area (Å²) in [5.41, 5.74) is 7.16. The van der Waals surface area contributed by atoms with E-state index in [1.54, 1.807) is 0 Å². The Kier molecular flexibility index (Phi) is 3.11. The molecule has 0 bridgehead atoms. The highest BCUT2D eigenvalue weighted by Crippen LogP contribution is 2.34. The highest BCUT2D eigenvalue weighted by molar-refractivity contribution is 9.10. The van der Waals surface area contributed by atoms with E-state index in [9.17, 15) is 0 Å². The van der Waals surface area contributed by atoms with Gasteiger partial charge in [-0.15, -0.1) is 0 Å². The molecule has 0 unspecified atom stereocenters. The fourth-order valence-corrected chi connectivity index (χ4v) is 4.94. The van der Waals surface area contributed by atoms with E-state index in [4.69, 9.17) is 9.40 Å². The molecule has 30 heavy (non-hydrogen) atoms. The maximum atomic E-state index is 6.03. The van der Waals surface area contributed by atoms with Crippen molar-refractivity contribution in [1.29, 1.82) is 0 Å². The van der Waals surface area contributed by atoms with Crippen molar-refractivity contribution in [1.82, 2.24) is 14.0 Å². The Balaban J connectivity index is 1.65. The Hall–Kier alpha value is -3.57. The molecule has 4 aromatic carbocycles. The van der Waals surface area contributed by atoms with E-state index in [2.05, 4.69) is 85.6 Å². The molecule has 0 atom stereocenters. The van der Waals surface area contributed by atoms with Gasteiger partial charge in [0.05, 0.1) is 22.2 Å². The molecule has 0 aliphatic carbocycles. The lowest BCUT2D eigenvalue weighted by molar-refractivity contribution is 0.669. The summed E-state index contributed by atoms with van der Waals surface area (Å²) in [6, 6.07) is 29.1. The molecule has 0 aliphatic rings. The molecule has 0 aliphatic heterocycles. The van der Waals surface area contributed by atoms with Crippen molar-refractivity contribution in [3.63, 3.8) is 0 Å². The highest BCUT2D eigenvalue weighted by atomic mass is 79.9. The first-order chi connectivity index (χ1) is 14.8. The van der Waals surface area contributed by atoms with E-state index in [1.165, 1.54) is 0 Å². The SMILES string of the molecule is Brc1cccc2c1nc1n(-c3ccc4oc5ccccc5c4c3)c3ccccc3n21. The highest BCUT2D eigenvalue weighted by Gasteiger charge is 2.18. The molecule has 5 heteroatoms. The summed E-state index contributed by atoms with van der Waals surface area (Å²) < 4.78 is 11.5. The number of halogens is 1. The third-order valence-electron chi connectivity index (χ3n) is 5.80. The molecule has 0 radical (unpaired) electrons. The first kappa shape index (κ1) is 16.3. The van der Waals surface area contributed by atoms with Crippen molar-refractivity contribution in [3.05, 3.63) is 89.4 Å². The van der Waals surface area contributed by atoms with Crippen molar-refractivity contribution in [3.8, 4) is 5.69 Å². The van der Waals surface area contributed by atoms with Crippen LogP contribution in [0.25, 0.3) is 55.5 Å². The molecule has 4 nitrogen and oxygen atoms in total. The maximum absolute atomic E-state index is 6.03. The molecular formula is C25H14BrN3O. The lowest BCUT2D eigenvalue weighted by Gasteiger charge is -2.05. The molecular weight excluding hydrogens is 438 g/mol. The Labute approximate surface area is 179 Å². The van der Waals surface area contributed by atoms with E-state index >= 15 is 0 Å². The number of aromatic nitrogens is 3. The Morgan fingerprint density at radius 3 is 2.40 bits per heavy atom. The van der Waals surface area contributed by atoms with Crippen LogP contribution in [-0.4, -0.2) is 14.0 Å². The summed E-state index contributed by atoms with van der Waals surface area (Å²) in [5, 5.41) is 2.23. The van der Waals surface area contributed by atoms with Crippen molar-refractivity contribution in [2.45, 2.75) is 0 Å². The van der Waals surface area contributed by atoms with Gasteiger partial charge in [0.15, 0.2) is 0 Å². The average Bonchev–Trinajstić information content (AvgIpc) is 3.42. The molecule has 0 N–H and O–H groups in total. The normalized spacial score (nSPS) is 12.2. The van der Waals surface area contributed by atoms with E-state index in [-0.39, 0.29) is 0 Å². The minimum absolute atomic E-state index is 0.892. The second kappa shape index (κ2) is 5.74. The second-order valence-corrected chi connectivity index (χ2v) is 8.31. The van der Waals surface area contributed by atoms with Crippen LogP contribution in [-0.2, 0) is 0 Å². The molecule has 3 aromatic heterocycles. The predicted octanol–water partition coefficient (Wildman–Crippen LogP) is 7.09. The fraction of sp³-hybridized carbons (Fsp3) is 0. The second-order valence-electron chi connectivity index (χ2n) is 7.46. The van der Waals surface area contributed by atoms with Crippen LogP contribution in [0.2, 0.25) is 0 Å². The molecule has 7 aromatic rings. The van der Waals surface area contributed by atoms with Gasteiger partial charge in [-0.05, 0) is 64.5 Å². The minimum Gasteiger partial charge on any atom is -0.456 e. The summed E-state index contributed by atoms with van der Waals surface area (Å²) in [6.07, 6.45) is 0. The molecule has 7 rings (SSSR count). The third kappa shape index (κ3) is 2.02. The van der Waals surface area contributed by atoms with Crippen LogP contribution < -0.4 is 0 Å².